The molecule has 0 bridgehead atoms. The lowest BCUT2D eigenvalue weighted by Gasteiger charge is -2.05. The normalized spacial score (nSPS) is 11.4. The van der Waals surface area contributed by atoms with Crippen molar-refractivity contribution in [2.75, 3.05) is 5.73 Å². The molecule has 2 N–H and O–H groups in total. The number of hydrogen-bond donors (Lipinski definition) is 1. The summed E-state index contributed by atoms with van der Waals surface area (Å²) in [6.07, 6.45) is 5.90. The Morgan fingerprint density at radius 2 is 1.62 bits per heavy atom. The van der Waals surface area contributed by atoms with Crippen molar-refractivity contribution in [1.82, 2.24) is 19.5 Å². The van der Waals surface area contributed by atoms with E-state index in [2.05, 4.69) is 63.5 Å². The van der Waals surface area contributed by atoms with Crippen LogP contribution in [-0.4, -0.2) is 19.5 Å². The smallest absolute Gasteiger partial charge is 0.223 e. The molecule has 0 fully saturated rings. The molecular formula is C20H16ClN5. The lowest BCUT2D eigenvalue weighted by molar-refractivity contribution is 0.814. The van der Waals surface area contributed by atoms with Gasteiger partial charge in [-0.3, -0.25) is 0 Å². The van der Waals surface area contributed by atoms with E-state index in [1.807, 2.05) is 22.8 Å². The molecule has 5 nitrogen and oxygen atoms in total. The van der Waals surface area contributed by atoms with Gasteiger partial charge in [-0.2, -0.15) is 9.97 Å². The highest BCUT2D eigenvalue weighted by Crippen LogP contribution is 2.20. The van der Waals surface area contributed by atoms with Crippen LogP contribution in [0.3, 0.4) is 0 Å². The van der Waals surface area contributed by atoms with Crippen LogP contribution in [0.2, 0.25) is 5.15 Å². The molecule has 2 aromatic heterocycles. The summed E-state index contributed by atoms with van der Waals surface area (Å²) in [4.78, 5) is 12.4. The monoisotopic (exact) mass is 361 g/mol. The largest absolute Gasteiger partial charge is 0.368 e. The van der Waals surface area contributed by atoms with E-state index in [-0.39, 0.29) is 11.1 Å². The highest BCUT2D eigenvalue weighted by atomic mass is 35.5. The first kappa shape index (κ1) is 16.3. The minimum atomic E-state index is 0.144. The molecule has 0 unspecified atom stereocenters. The molecule has 0 saturated carbocycles. The number of nitrogens with zero attached hydrogens (tertiary/aromatic N) is 4. The standard InChI is InChI=1S/C20H16ClN5/c21-18-17-19(25-20(22)24-18)26(13-23-17)12-16-10-8-15(9-11-16)7-6-14-4-2-1-3-5-14/h1-11,13H,12H2,(H2,22,24,25)/b7-6-. The van der Waals surface area contributed by atoms with Crippen molar-refractivity contribution in [2.24, 2.45) is 0 Å². The van der Waals surface area contributed by atoms with E-state index in [1.165, 1.54) is 5.56 Å². The quantitative estimate of drug-likeness (QED) is 0.435. The maximum absolute atomic E-state index is 6.07. The van der Waals surface area contributed by atoms with Gasteiger partial charge in [-0.15, -0.1) is 0 Å². The predicted octanol–water partition coefficient (Wildman–Crippen LogP) is 4.28. The molecule has 0 spiro atoms. The number of fused-ring (bicyclic) bond motifs is 1. The number of nitrogens with two attached hydrogens (primary N) is 1. The van der Waals surface area contributed by atoms with E-state index in [4.69, 9.17) is 17.3 Å². The second-order valence-electron chi connectivity index (χ2n) is 5.90. The summed E-state index contributed by atoms with van der Waals surface area (Å²) < 4.78 is 1.91. The average Bonchev–Trinajstić information content (AvgIpc) is 3.05. The second-order valence-corrected chi connectivity index (χ2v) is 6.26. The zero-order valence-corrected chi connectivity index (χ0v) is 14.6. The average molecular weight is 362 g/mol. The van der Waals surface area contributed by atoms with E-state index in [0.29, 0.717) is 17.7 Å². The third kappa shape index (κ3) is 3.43. The van der Waals surface area contributed by atoms with Crippen LogP contribution in [0.1, 0.15) is 16.7 Å². The Balaban J connectivity index is 1.54. The topological polar surface area (TPSA) is 69.6 Å². The fraction of sp³-hybridized carbons (Fsp3) is 0.0500. The SMILES string of the molecule is Nc1nc(Cl)c2ncn(Cc3ccc(/C=C\c4ccccc4)cc3)c2n1. The maximum Gasteiger partial charge on any atom is 0.223 e. The molecule has 0 amide bonds. The van der Waals surface area contributed by atoms with Crippen molar-refractivity contribution in [2.45, 2.75) is 6.54 Å². The number of imidazole rings is 1. The van der Waals surface area contributed by atoms with Crippen LogP contribution >= 0.6 is 11.6 Å². The molecule has 26 heavy (non-hydrogen) atoms. The van der Waals surface area contributed by atoms with Gasteiger partial charge in [-0.1, -0.05) is 78.4 Å². The van der Waals surface area contributed by atoms with Gasteiger partial charge in [-0.05, 0) is 16.7 Å². The van der Waals surface area contributed by atoms with Gasteiger partial charge in [0.25, 0.3) is 0 Å². The van der Waals surface area contributed by atoms with E-state index < -0.39 is 0 Å². The van der Waals surface area contributed by atoms with Gasteiger partial charge in [0.15, 0.2) is 10.8 Å². The molecule has 128 valence electrons. The summed E-state index contributed by atoms with van der Waals surface area (Å²) in [5.41, 5.74) is 10.3. The molecule has 0 aliphatic rings. The molecule has 0 radical (unpaired) electrons. The fourth-order valence-electron chi connectivity index (χ4n) is 2.73. The van der Waals surface area contributed by atoms with Gasteiger partial charge in [-0.25, -0.2) is 4.98 Å². The van der Waals surface area contributed by atoms with Crippen molar-refractivity contribution in [1.29, 1.82) is 0 Å². The Labute approximate surface area is 155 Å². The first-order valence-electron chi connectivity index (χ1n) is 8.15. The number of hydrogen-bond acceptors (Lipinski definition) is 4. The zero-order valence-electron chi connectivity index (χ0n) is 13.9. The summed E-state index contributed by atoms with van der Waals surface area (Å²) in [7, 11) is 0. The number of anilines is 1. The molecule has 6 heteroatoms. The summed E-state index contributed by atoms with van der Waals surface area (Å²) >= 11 is 6.07. The van der Waals surface area contributed by atoms with Crippen molar-refractivity contribution in [3.63, 3.8) is 0 Å². The van der Waals surface area contributed by atoms with Crippen LogP contribution in [0, 0.1) is 0 Å². The predicted molar refractivity (Wildman–Crippen MR) is 106 cm³/mol. The van der Waals surface area contributed by atoms with Crippen molar-refractivity contribution < 1.29 is 0 Å². The number of benzene rings is 2. The highest BCUT2D eigenvalue weighted by molar-refractivity contribution is 6.33. The van der Waals surface area contributed by atoms with Gasteiger partial charge < -0.3 is 10.3 Å². The van der Waals surface area contributed by atoms with Crippen LogP contribution in [0.4, 0.5) is 5.95 Å². The first-order chi connectivity index (χ1) is 12.7. The summed E-state index contributed by atoms with van der Waals surface area (Å²) in [5.74, 6) is 0.144. The molecular weight excluding hydrogens is 346 g/mol. The molecule has 2 aromatic carbocycles. The molecule has 0 atom stereocenters. The highest BCUT2D eigenvalue weighted by Gasteiger charge is 2.10. The van der Waals surface area contributed by atoms with Crippen LogP contribution < -0.4 is 5.73 Å². The Kier molecular flexibility index (Phi) is 4.37. The third-order valence-electron chi connectivity index (χ3n) is 4.04. The number of rotatable bonds is 4. The Morgan fingerprint density at radius 3 is 2.35 bits per heavy atom. The zero-order chi connectivity index (χ0) is 17.9. The molecule has 0 aliphatic carbocycles. The summed E-state index contributed by atoms with van der Waals surface area (Å²) in [5, 5.41) is 0.271. The van der Waals surface area contributed by atoms with Crippen LogP contribution in [0.25, 0.3) is 23.3 Å². The van der Waals surface area contributed by atoms with Crippen molar-refractivity contribution in [3.8, 4) is 0 Å². The van der Waals surface area contributed by atoms with Crippen LogP contribution in [-0.2, 0) is 6.54 Å². The Hall–Kier alpha value is -3.18. The first-order valence-corrected chi connectivity index (χ1v) is 8.53. The van der Waals surface area contributed by atoms with E-state index in [0.717, 1.165) is 11.1 Å². The van der Waals surface area contributed by atoms with Crippen LogP contribution in [0.15, 0.2) is 60.9 Å². The number of halogens is 1. The van der Waals surface area contributed by atoms with Crippen molar-refractivity contribution in [3.05, 3.63) is 82.8 Å². The number of aromatic nitrogens is 4. The second kappa shape index (κ2) is 6.98. The molecule has 4 aromatic rings. The molecule has 4 rings (SSSR count). The van der Waals surface area contributed by atoms with Crippen LogP contribution in [0.5, 0.6) is 0 Å². The van der Waals surface area contributed by atoms with Gasteiger partial charge >= 0.3 is 0 Å². The minimum absolute atomic E-state index is 0.144. The Bertz CT molecular complexity index is 1070. The van der Waals surface area contributed by atoms with Gasteiger partial charge in [0.05, 0.1) is 12.9 Å². The van der Waals surface area contributed by atoms with Crippen molar-refractivity contribution >= 4 is 40.9 Å². The summed E-state index contributed by atoms with van der Waals surface area (Å²) in [6.45, 7) is 0.631. The fourth-order valence-corrected chi connectivity index (χ4v) is 2.95. The summed E-state index contributed by atoms with van der Waals surface area (Å²) in [6, 6.07) is 18.6. The van der Waals surface area contributed by atoms with Gasteiger partial charge in [0.1, 0.15) is 5.52 Å². The van der Waals surface area contributed by atoms with Gasteiger partial charge in [0.2, 0.25) is 5.95 Å². The number of nitrogen functional groups attached to an aromatic ring is 1. The van der Waals surface area contributed by atoms with E-state index in [9.17, 15) is 0 Å². The molecule has 2 heterocycles. The maximum atomic E-state index is 6.07. The van der Waals surface area contributed by atoms with Gasteiger partial charge in [0, 0.05) is 0 Å². The minimum Gasteiger partial charge on any atom is -0.368 e. The van der Waals surface area contributed by atoms with E-state index >= 15 is 0 Å². The Morgan fingerprint density at radius 1 is 0.923 bits per heavy atom. The lowest BCUT2D eigenvalue weighted by atomic mass is 10.1. The van der Waals surface area contributed by atoms with E-state index in [1.54, 1.807) is 6.33 Å². The third-order valence-corrected chi connectivity index (χ3v) is 4.30. The molecule has 0 aliphatic heterocycles. The lowest BCUT2D eigenvalue weighted by Crippen LogP contribution is -2.02. The molecule has 0 saturated heterocycles.